The third-order valence-electron chi connectivity index (χ3n) is 2.50. The lowest BCUT2D eigenvalue weighted by atomic mass is 10.2. The summed E-state index contributed by atoms with van der Waals surface area (Å²) in [5.41, 5.74) is 0.887. The molecule has 1 aromatic heterocycles. The number of tetrazole rings is 1. The molecule has 0 bridgehead atoms. The molecular formula is C13H14ClN5O. The molecule has 1 heterocycles. The average molecular weight is 292 g/mol. The van der Waals surface area contributed by atoms with Gasteiger partial charge in [-0.15, -0.1) is 0 Å². The summed E-state index contributed by atoms with van der Waals surface area (Å²) in [6.45, 7) is 2.66. The first-order valence-electron chi connectivity index (χ1n) is 6.20. The maximum Gasteiger partial charge on any atom is 0.250 e. The molecular weight excluding hydrogens is 278 g/mol. The number of amides is 1. The summed E-state index contributed by atoms with van der Waals surface area (Å²) < 4.78 is 1.55. The highest BCUT2D eigenvalue weighted by Gasteiger charge is 2.06. The van der Waals surface area contributed by atoms with E-state index in [1.807, 2.05) is 19.1 Å². The second-order valence-corrected chi connectivity index (χ2v) is 4.54. The zero-order valence-corrected chi connectivity index (χ0v) is 11.7. The minimum Gasteiger partial charge on any atom is -0.290 e. The van der Waals surface area contributed by atoms with Gasteiger partial charge in [0, 0.05) is 17.6 Å². The van der Waals surface area contributed by atoms with Gasteiger partial charge in [-0.25, -0.2) is 4.68 Å². The predicted octanol–water partition coefficient (Wildman–Crippen LogP) is 2.39. The second kappa shape index (κ2) is 6.81. The third kappa shape index (κ3) is 3.89. The van der Waals surface area contributed by atoms with Gasteiger partial charge in [-0.3, -0.25) is 10.1 Å². The summed E-state index contributed by atoms with van der Waals surface area (Å²) >= 11 is 5.79. The van der Waals surface area contributed by atoms with Gasteiger partial charge in [0.1, 0.15) is 0 Å². The van der Waals surface area contributed by atoms with Crippen LogP contribution in [0.2, 0.25) is 5.02 Å². The Bertz CT molecular complexity index is 605. The highest BCUT2D eigenvalue weighted by molar-refractivity contribution is 6.30. The Morgan fingerprint density at radius 3 is 2.85 bits per heavy atom. The highest BCUT2D eigenvalue weighted by Crippen LogP contribution is 2.10. The van der Waals surface area contributed by atoms with Crippen LogP contribution in [0.15, 0.2) is 30.3 Å². The van der Waals surface area contributed by atoms with Crippen LogP contribution in [0.4, 0.5) is 5.95 Å². The van der Waals surface area contributed by atoms with Crippen LogP contribution in [0.5, 0.6) is 0 Å². The summed E-state index contributed by atoms with van der Waals surface area (Å²) in [4.78, 5) is 11.8. The standard InChI is InChI=1S/C13H14ClN5O/c1-2-9-19-13(16-17-18-19)15-12(20)8-5-10-3-6-11(14)7-4-10/h3-8H,2,9H2,1H3,(H,15,16,18,20). The van der Waals surface area contributed by atoms with Gasteiger partial charge in [-0.1, -0.05) is 35.8 Å². The molecule has 0 aliphatic rings. The van der Waals surface area contributed by atoms with Crippen LogP contribution < -0.4 is 5.32 Å². The summed E-state index contributed by atoms with van der Waals surface area (Å²) in [5, 5.41) is 14.4. The second-order valence-electron chi connectivity index (χ2n) is 4.10. The fourth-order valence-corrected chi connectivity index (χ4v) is 1.68. The number of aromatic nitrogens is 4. The molecule has 0 unspecified atom stereocenters. The molecule has 7 heteroatoms. The Hall–Kier alpha value is -2.21. The van der Waals surface area contributed by atoms with E-state index in [0.29, 0.717) is 17.5 Å². The third-order valence-corrected chi connectivity index (χ3v) is 2.75. The lowest BCUT2D eigenvalue weighted by molar-refractivity contribution is -0.111. The smallest absolute Gasteiger partial charge is 0.250 e. The number of benzene rings is 1. The van der Waals surface area contributed by atoms with E-state index in [0.717, 1.165) is 12.0 Å². The first-order chi connectivity index (χ1) is 9.69. The summed E-state index contributed by atoms with van der Waals surface area (Å²) in [6, 6.07) is 7.18. The van der Waals surface area contributed by atoms with E-state index in [-0.39, 0.29) is 5.91 Å². The van der Waals surface area contributed by atoms with Crippen LogP contribution in [-0.2, 0) is 11.3 Å². The number of halogens is 1. The fraction of sp³-hybridized carbons (Fsp3) is 0.231. The molecule has 0 atom stereocenters. The first-order valence-corrected chi connectivity index (χ1v) is 6.57. The number of hydrogen-bond acceptors (Lipinski definition) is 4. The van der Waals surface area contributed by atoms with Crippen molar-refractivity contribution in [1.82, 2.24) is 20.2 Å². The Balaban J connectivity index is 1.98. The molecule has 20 heavy (non-hydrogen) atoms. The SMILES string of the molecule is CCCn1nnnc1NC(=O)C=Cc1ccc(Cl)cc1. The van der Waals surface area contributed by atoms with E-state index < -0.39 is 0 Å². The van der Waals surface area contributed by atoms with Gasteiger partial charge < -0.3 is 0 Å². The molecule has 0 saturated carbocycles. The van der Waals surface area contributed by atoms with E-state index in [1.54, 1.807) is 22.9 Å². The van der Waals surface area contributed by atoms with Crippen molar-refractivity contribution in [3.8, 4) is 0 Å². The first kappa shape index (κ1) is 14.2. The summed E-state index contributed by atoms with van der Waals surface area (Å²) in [6.07, 6.45) is 4.00. The number of hydrogen-bond donors (Lipinski definition) is 1. The van der Waals surface area contributed by atoms with Gasteiger partial charge in [0.2, 0.25) is 5.95 Å². The van der Waals surface area contributed by atoms with Crippen molar-refractivity contribution in [1.29, 1.82) is 0 Å². The maximum absolute atomic E-state index is 11.8. The molecule has 0 spiro atoms. The molecule has 2 rings (SSSR count). The normalized spacial score (nSPS) is 10.9. The van der Waals surface area contributed by atoms with Crippen molar-refractivity contribution < 1.29 is 4.79 Å². The van der Waals surface area contributed by atoms with Gasteiger partial charge in [-0.2, -0.15) is 0 Å². The van der Waals surface area contributed by atoms with E-state index >= 15 is 0 Å². The van der Waals surface area contributed by atoms with Crippen LogP contribution in [0.3, 0.4) is 0 Å². The van der Waals surface area contributed by atoms with Crippen LogP contribution in [-0.4, -0.2) is 26.1 Å². The molecule has 1 amide bonds. The van der Waals surface area contributed by atoms with Crippen LogP contribution in [0, 0.1) is 0 Å². The lowest BCUT2D eigenvalue weighted by Crippen LogP contribution is -2.14. The minimum atomic E-state index is -0.285. The van der Waals surface area contributed by atoms with E-state index in [9.17, 15) is 4.79 Å². The summed E-state index contributed by atoms with van der Waals surface area (Å²) in [7, 11) is 0. The number of anilines is 1. The predicted molar refractivity (Wildman–Crippen MR) is 77.2 cm³/mol. The summed E-state index contributed by atoms with van der Waals surface area (Å²) in [5.74, 6) is 0.0599. The van der Waals surface area contributed by atoms with Gasteiger partial charge in [0.15, 0.2) is 0 Å². The largest absolute Gasteiger partial charge is 0.290 e. The molecule has 0 saturated heterocycles. The van der Waals surface area contributed by atoms with Crippen molar-refractivity contribution >= 4 is 29.5 Å². The number of nitrogens with one attached hydrogen (secondary N) is 1. The highest BCUT2D eigenvalue weighted by atomic mass is 35.5. The van der Waals surface area contributed by atoms with Crippen molar-refractivity contribution in [2.45, 2.75) is 19.9 Å². The van der Waals surface area contributed by atoms with E-state index in [4.69, 9.17) is 11.6 Å². The Morgan fingerprint density at radius 1 is 1.40 bits per heavy atom. The van der Waals surface area contributed by atoms with Crippen LogP contribution in [0.1, 0.15) is 18.9 Å². The van der Waals surface area contributed by atoms with Crippen LogP contribution in [0.25, 0.3) is 6.08 Å². The Morgan fingerprint density at radius 2 is 2.15 bits per heavy atom. The van der Waals surface area contributed by atoms with Crippen LogP contribution >= 0.6 is 11.6 Å². The topological polar surface area (TPSA) is 72.7 Å². The fourth-order valence-electron chi connectivity index (χ4n) is 1.55. The van der Waals surface area contributed by atoms with Crippen molar-refractivity contribution in [2.24, 2.45) is 0 Å². The number of rotatable bonds is 5. The molecule has 0 aliphatic heterocycles. The molecule has 1 aromatic carbocycles. The van der Waals surface area contributed by atoms with Crippen molar-refractivity contribution in [2.75, 3.05) is 5.32 Å². The lowest BCUT2D eigenvalue weighted by Gasteiger charge is -2.02. The van der Waals surface area contributed by atoms with E-state index in [2.05, 4.69) is 20.8 Å². The molecule has 6 nitrogen and oxygen atoms in total. The molecule has 2 aromatic rings. The van der Waals surface area contributed by atoms with Gasteiger partial charge >= 0.3 is 0 Å². The quantitative estimate of drug-likeness (QED) is 0.859. The maximum atomic E-state index is 11.8. The molecule has 104 valence electrons. The molecule has 1 N–H and O–H groups in total. The zero-order valence-electron chi connectivity index (χ0n) is 11.0. The Kier molecular flexibility index (Phi) is 4.84. The van der Waals surface area contributed by atoms with Gasteiger partial charge in [-0.05, 0) is 40.6 Å². The van der Waals surface area contributed by atoms with Crippen molar-refractivity contribution in [3.63, 3.8) is 0 Å². The Labute approximate surface area is 121 Å². The number of carbonyl (C=O) groups is 1. The monoisotopic (exact) mass is 291 g/mol. The average Bonchev–Trinajstić information content (AvgIpc) is 2.86. The number of nitrogens with zero attached hydrogens (tertiary/aromatic N) is 4. The zero-order chi connectivity index (χ0) is 14.4. The van der Waals surface area contributed by atoms with Crippen molar-refractivity contribution in [3.05, 3.63) is 40.9 Å². The van der Waals surface area contributed by atoms with E-state index in [1.165, 1.54) is 6.08 Å². The molecule has 0 fully saturated rings. The minimum absolute atomic E-state index is 0.285. The van der Waals surface area contributed by atoms with Gasteiger partial charge in [0.25, 0.3) is 5.91 Å². The number of carbonyl (C=O) groups excluding carboxylic acids is 1. The molecule has 0 aliphatic carbocycles. The van der Waals surface area contributed by atoms with Gasteiger partial charge in [0.05, 0.1) is 0 Å². The number of aryl methyl sites for hydroxylation is 1. The molecule has 0 radical (unpaired) electrons.